The molecule has 1 saturated carbocycles. The van der Waals surface area contributed by atoms with Crippen molar-refractivity contribution < 1.29 is 9.72 Å². The predicted molar refractivity (Wildman–Crippen MR) is 69.8 cm³/mol. The Hall–Kier alpha value is -2.18. The molecule has 0 spiro atoms. The number of hydrogen-bond donors (Lipinski definition) is 2. The van der Waals surface area contributed by atoms with Crippen LogP contribution in [0.1, 0.15) is 25.7 Å². The maximum absolute atomic E-state index is 11.4. The summed E-state index contributed by atoms with van der Waals surface area (Å²) in [5.41, 5.74) is 0.384. The number of anilines is 1. The standard InChI is InChI=1S/C12H16N4O3/c17-11(15-9-5-6-9)4-2-7-13-10-3-1-8-14-12(10)16(18)19/h1,3,8-9,13H,2,4-7H2,(H,15,17). The van der Waals surface area contributed by atoms with Gasteiger partial charge in [0.2, 0.25) is 5.91 Å². The van der Waals surface area contributed by atoms with Gasteiger partial charge in [0.05, 0.1) is 0 Å². The topological polar surface area (TPSA) is 97.2 Å². The molecule has 1 aliphatic carbocycles. The van der Waals surface area contributed by atoms with Crippen LogP contribution in [-0.4, -0.2) is 28.4 Å². The SMILES string of the molecule is O=C(CCCNc1cccnc1[N+](=O)[O-])NC1CC1. The Bertz CT molecular complexity index is 474. The van der Waals surface area contributed by atoms with Crippen LogP contribution >= 0.6 is 0 Å². The zero-order chi connectivity index (χ0) is 13.7. The summed E-state index contributed by atoms with van der Waals surface area (Å²) >= 11 is 0. The number of amides is 1. The van der Waals surface area contributed by atoms with Crippen LogP contribution in [0.15, 0.2) is 18.3 Å². The van der Waals surface area contributed by atoms with Gasteiger partial charge in [-0.1, -0.05) is 0 Å². The van der Waals surface area contributed by atoms with E-state index in [1.165, 1.54) is 6.20 Å². The maximum Gasteiger partial charge on any atom is 0.386 e. The Balaban J connectivity index is 1.72. The van der Waals surface area contributed by atoms with Crippen molar-refractivity contribution in [3.05, 3.63) is 28.4 Å². The Morgan fingerprint density at radius 3 is 3.00 bits per heavy atom. The Morgan fingerprint density at radius 2 is 2.32 bits per heavy atom. The molecular formula is C12H16N4O3. The minimum Gasteiger partial charge on any atom is -0.378 e. The third-order valence-electron chi connectivity index (χ3n) is 2.80. The average molecular weight is 264 g/mol. The summed E-state index contributed by atoms with van der Waals surface area (Å²) in [4.78, 5) is 25.3. The summed E-state index contributed by atoms with van der Waals surface area (Å²) in [6, 6.07) is 3.62. The third-order valence-corrected chi connectivity index (χ3v) is 2.80. The van der Waals surface area contributed by atoms with E-state index in [1.807, 2.05) is 0 Å². The molecule has 7 nitrogen and oxygen atoms in total. The minimum atomic E-state index is -0.526. The monoisotopic (exact) mass is 264 g/mol. The van der Waals surface area contributed by atoms with Crippen molar-refractivity contribution in [2.75, 3.05) is 11.9 Å². The molecule has 2 N–H and O–H groups in total. The minimum absolute atomic E-state index is 0.0463. The molecule has 1 fully saturated rings. The molecule has 1 aromatic rings. The zero-order valence-corrected chi connectivity index (χ0v) is 10.5. The molecule has 0 aliphatic heterocycles. The van der Waals surface area contributed by atoms with E-state index in [0.717, 1.165) is 12.8 Å². The van der Waals surface area contributed by atoms with Crippen molar-refractivity contribution in [1.82, 2.24) is 10.3 Å². The quantitative estimate of drug-likeness (QED) is 0.441. The highest BCUT2D eigenvalue weighted by molar-refractivity contribution is 5.76. The van der Waals surface area contributed by atoms with Gasteiger partial charge in [-0.15, -0.1) is 0 Å². The van der Waals surface area contributed by atoms with Crippen LogP contribution in [-0.2, 0) is 4.79 Å². The number of carbonyl (C=O) groups excluding carboxylic acids is 1. The van der Waals surface area contributed by atoms with E-state index in [2.05, 4.69) is 15.6 Å². The molecule has 102 valence electrons. The number of nitro groups is 1. The van der Waals surface area contributed by atoms with Crippen molar-refractivity contribution in [2.24, 2.45) is 0 Å². The van der Waals surface area contributed by atoms with Gasteiger partial charge in [0.15, 0.2) is 0 Å². The van der Waals surface area contributed by atoms with Gasteiger partial charge in [-0.3, -0.25) is 4.79 Å². The predicted octanol–water partition coefficient (Wildman–Crippen LogP) is 1.46. The molecule has 0 bridgehead atoms. The van der Waals surface area contributed by atoms with Crippen LogP contribution in [0.25, 0.3) is 0 Å². The second-order valence-electron chi connectivity index (χ2n) is 4.50. The molecule has 1 heterocycles. The molecule has 7 heteroatoms. The molecule has 0 atom stereocenters. The lowest BCUT2D eigenvalue weighted by molar-refractivity contribution is -0.388. The first-order chi connectivity index (χ1) is 9.16. The van der Waals surface area contributed by atoms with Crippen molar-refractivity contribution in [3.8, 4) is 0 Å². The number of nitrogens with zero attached hydrogens (tertiary/aromatic N) is 2. The van der Waals surface area contributed by atoms with E-state index < -0.39 is 4.92 Å². The highest BCUT2D eigenvalue weighted by Gasteiger charge is 2.22. The fraction of sp³-hybridized carbons (Fsp3) is 0.500. The second-order valence-corrected chi connectivity index (χ2v) is 4.50. The van der Waals surface area contributed by atoms with Crippen LogP contribution in [0, 0.1) is 10.1 Å². The summed E-state index contributed by atoms with van der Waals surface area (Å²) < 4.78 is 0. The maximum atomic E-state index is 11.4. The molecule has 0 saturated heterocycles. The van der Waals surface area contributed by atoms with Crippen molar-refractivity contribution in [3.63, 3.8) is 0 Å². The fourth-order valence-electron chi connectivity index (χ4n) is 1.68. The van der Waals surface area contributed by atoms with Gasteiger partial charge in [-0.2, -0.15) is 0 Å². The van der Waals surface area contributed by atoms with Gasteiger partial charge in [0.1, 0.15) is 11.9 Å². The third kappa shape index (κ3) is 4.20. The fourth-order valence-corrected chi connectivity index (χ4v) is 1.68. The van der Waals surface area contributed by atoms with Crippen molar-refractivity contribution in [2.45, 2.75) is 31.7 Å². The smallest absolute Gasteiger partial charge is 0.378 e. The zero-order valence-electron chi connectivity index (χ0n) is 10.5. The number of nitrogens with one attached hydrogen (secondary N) is 2. The van der Waals surface area contributed by atoms with E-state index in [-0.39, 0.29) is 11.7 Å². The molecule has 1 aromatic heterocycles. The first-order valence-corrected chi connectivity index (χ1v) is 6.29. The number of aromatic nitrogens is 1. The normalized spacial score (nSPS) is 13.9. The highest BCUT2D eigenvalue weighted by atomic mass is 16.6. The van der Waals surface area contributed by atoms with Crippen molar-refractivity contribution >= 4 is 17.4 Å². The first kappa shape index (κ1) is 13.3. The number of rotatable bonds is 7. The molecule has 1 amide bonds. The molecular weight excluding hydrogens is 248 g/mol. The van der Waals surface area contributed by atoms with Gasteiger partial charge in [-0.05, 0) is 41.3 Å². The Kier molecular flexibility index (Phi) is 4.27. The number of carbonyl (C=O) groups is 1. The Labute approximate surface area is 110 Å². The lowest BCUT2D eigenvalue weighted by atomic mass is 10.3. The largest absolute Gasteiger partial charge is 0.386 e. The summed E-state index contributed by atoms with van der Waals surface area (Å²) in [5.74, 6) is -0.144. The van der Waals surface area contributed by atoms with Crippen molar-refractivity contribution in [1.29, 1.82) is 0 Å². The number of pyridine rings is 1. The summed E-state index contributed by atoms with van der Waals surface area (Å²) in [6.45, 7) is 0.505. The molecule has 19 heavy (non-hydrogen) atoms. The second kappa shape index (κ2) is 6.12. The summed E-state index contributed by atoms with van der Waals surface area (Å²) in [6.07, 6.45) is 4.59. The van der Waals surface area contributed by atoms with Gasteiger partial charge >= 0.3 is 5.82 Å². The molecule has 2 rings (SSSR count). The summed E-state index contributed by atoms with van der Waals surface area (Å²) in [7, 11) is 0. The van der Waals surface area contributed by atoms with Gasteiger partial charge in [0, 0.05) is 19.0 Å². The van der Waals surface area contributed by atoms with Crippen LogP contribution in [0.2, 0.25) is 0 Å². The molecule has 1 aliphatic rings. The lowest BCUT2D eigenvalue weighted by Gasteiger charge is -2.06. The molecule has 0 unspecified atom stereocenters. The lowest BCUT2D eigenvalue weighted by Crippen LogP contribution is -2.25. The molecule has 0 aromatic carbocycles. The van der Waals surface area contributed by atoms with E-state index in [4.69, 9.17) is 0 Å². The van der Waals surface area contributed by atoms with Crippen LogP contribution in [0.4, 0.5) is 11.5 Å². The van der Waals surface area contributed by atoms with Gasteiger partial charge in [-0.25, -0.2) is 0 Å². The Morgan fingerprint density at radius 1 is 1.53 bits per heavy atom. The van der Waals surface area contributed by atoms with Gasteiger partial charge in [0.25, 0.3) is 0 Å². The van der Waals surface area contributed by atoms with E-state index in [9.17, 15) is 14.9 Å². The highest BCUT2D eigenvalue weighted by Crippen LogP contribution is 2.20. The van der Waals surface area contributed by atoms with E-state index >= 15 is 0 Å². The first-order valence-electron chi connectivity index (χ1n) is 6.29. The van der Waals surface area contributed by atoms with Crippen LogP contribution in [0.5, 0.6) is 0 Å². The van der Waals surface area contributed by atoms with E-state index in [1.54, 1.807) is 12.1 Å². The average Bonchev–Trinajstić information content (AvgIpc) is 3.19. The van der Waals surface area contributed by atoms with Gasteiger partial charge < -0.3 is 20.7 Å². The number of hydrogen-bond acceptors (Lipinski definition) is 5. The van der Waals surface area contributed by atoms with Crippen LogP contribution in [0.3, 0.4) is 0 Å². The summed E-state index contributed by atoms with van der Waals surface area (Å²) in [5, 5.41) is 16.6. The van der Waals surface area contributed by atoms with Crippen LogP contribution < -0.4 is 10.6 Å². The molecule has 0 radical (unpaired) electrons. The van der Waals surface area contributed by atoms with E-state index in [0.29, 0.717) is 31.1 Å².